The van der Waals surface area contributed by atoms with Crippen LogP contribution >= 0.6 is 22.9 Å². The molecule has 2 heterocycles. The Hall–Kier alpha value is -2.92. The van der Waals surface area contributed by atoms with Crippen molar-refractivity contribution in [1.29, 1.82) is 0 Å². The van der Waals surface area contributed by atoms with Gasteiger partial charge in [-0.25, -0.2) is 22.2 Å². The molecule has 0 atom stereocenters. The highest BCUT2D eigenvalue weighted by Gasteiger charge is 2.35. The van der Waals surface area contributed by atoms with Crippen molar-refractivity contribution >= 4 is 54.2 Å². The fourth-order valence-corrected chi connectivity index (χ4v) is 7.09. The monoisotopic (exact) mass is 561 g/mol. The highest BCUT2D eigenvalue weighted by atomic mass is 35.5. The number of rotatable bonds is 6. The Morgan fingerprint density at radius 3 is 2.46 bits per heavy atom. The van der Waals surface area contributed by atoms with Gasteiger partial charge in [0.25, 0.3) is 0 Å². The maximum Gasteiger partial charge on any atom is 0.243 e. The predicted molar refractivity (Wildman–Crippen MR) is 140 cm³/mol. The fourth-order valence-electron chi connectivity index (χ4n) is 4.36. The molecule has 1 saturated heterocycles. The molecule has 11 heteroatoms. The van der Waals surface area contributed by atoms with E-state index < -0.39 is 27.6 Å². The molecule has 192 valence electrons. The lowest BCUT2D eigenvalue weighted by Gasteiger charge is -2.33. The third-order valence-electron chi connectivity index (χ3n) is 6.35. The SMILES string of the molecule is O=C(C1CCN(S(=O)(=O)c2ccc(F)c(F)c2)CC1)N(Cc1ccccc1)c1nc2ccc(Cl)cc2s1. The van der Waals surface area contributed by atoms with Gasteiger partial charge in [-0.15, -0.1) is 0 Å². The number of amides is 1. The van der Waals surface area contributed by atoms with Crippen LogP contribution in [0, 0.1) is 17.6 Å². The van der Waals surface area contributed by atoms with Gasteiger partial charge in [0, 0.05) is 24.0 Å². The van der Waals surface area contributed by atoms with Gasteiger partial charge in [0.2, 0.25) is 15.9 Å². The van der Waals surface area contributed by atoms with Gasteiger partial charge >= 0.3 is 0 Å². The van der Waals surface area contributed by atoms with Crippen LogP contribution in [0.15, 0.2) is 71.6 Å². The number of piperidine rings is 1. The molecule has 1 aliphatic heterocycles. The Labute approximate surface area is 222 Å². The van der Waals surface area contributed by atoms with E-state index in [1.165, 1.54) is 15.6 Å². The van der Waals surface area contributed by atoms with Gasteiger partial charge in [-0.2, -0.15) is 4.31 Å². The number of nitrogens with zero attached hydrogens (tertiary/aromatic N) is 3. The van der Waals surface area contributed by atoms with E-state index in [1.807, 2.05) is 42.5 Å². The second-order valence-electron chi connectivity index (χ2n) is 8.77. The summed E-state index contributed by atoms with van der Waals surface area (Å²) in [4.78, 5) is 19.8. The van der Waals surface area contributed by atoms with Crippen molar-refractivity contribution in [3.63, 3.8) is 0 Å². The summed E-state index contributed by atoms with van der Waals surface area (Å²) in [5.74, 6) is -2.90. The van der Waals surface area contributed by atoms with Crippen LogP contribution in [0.1, 0.15) is 18.4 Å². The zero-order valence-corrected chi connectivity index (χ0v) is 21.9. The number of fused-ring (bicyclic) bond motifs is 1. The van der Waals surface area contributed by atoms with Gasteiger partial charge < -0.3 is 0 Å². The molecule has 0 aliphatic carbocycles. The van der Waals surface area contributed by atoms with E-state index in [1.54, 1.807) is 11.0 Å². The first-order valence-electron chi connectivity index (χ1n) is 11.6. The molecular formula is C26H22ClF2N3O3S2. The Balaban J connectivity index is 1.37. The zero-order chi connectivity index (χ0) is 26.2. The van der Waals surface area contributed by atoms with Crippen LogP contribution in [-0.2, 0) is 21.4 Å². The van der Waals surface area contributed by atoms with Crippen LogP contribution < -0.4 is 4.90 Å². The number of carbonyl (C=O) groups excluding carboxylic acids is 1. The van der Waals surface area contributed by atoms with Crippen LogP contribution in [0.2, 0.25) is 5.02 Å². The minimum Gasteiger partial charge on any atom is -0.283 e. The van der Waals surface area contributed by atoms with E-state index in [4.69, 9.17) is 11.6 Å². The lowest BCUT2D eigenvalue weighted by molar-refractivity contribution is -0.123. The maximum absolute atomic E-state index is 13.8. The number of halogens is 3. The van der Waals surface area contributed by atoms with Crippen LogP contribution in [0.5, 0.6) is 0 Å². The molecular weight excluding hydrogens is 540 g/mol. The number of thiazole rings is 1. The van der Waals surface area contributed by atoms with Crippen LogP contribution in [-0.4, -0.2) is 36.7 Å². The van der Waals surface area contributed by atoms with Crippen molar-refractivity contribution in [3.05, 3.63) is 89.0 Å². The van der Waals surface area contributed by atoms with Crippen molar-refractivity contribution in [2.45, 2.75) is 24.3 Å². The molecule has 0 N–H and O–H groups in total. The van der Waals surface area contributed by atoms with Crippen molar-refractivity contribution in [3.8, 4) is 0 Å². The molecule has 0 unspecified atom stereocenters. The number of benzene rings is 3. The van der Waals surface area contributed by atoms with Crippen molar-refractivity contribution < 1.29 is 22.0 Å². The van der Waals surface area contributed by atoms with Crippen LogP contribution in [0.25, 0.3) is 10.2 Å². The summed E-state index contributed by atoms with van der Waals surface area (Å²) in [6.07, 6.45) is 0.591. The van der Waals surface area contributed by atoms with Gasteiger partial charge in [0.15, 0.2) is 16.8 Å². The van der Waals surface area contributed by atoms with Gasteiger partial charge in [-0.05, 0) is 54.8 Å². The average Bonchev–Trinajstić information content (AvgIpc) is 3.32. The lowest BCUT2D eigenvalue weighted by atomic mass is 9.96. The van der Waals surface area contributed by atoms with E-state index in [0.29, 0.717) is 35.6 Å². The van der Waals surface area contributed by atoms with Gasteiger partial charge in [-0.3, -0.25) is 9.69 Å². The number of anilines is 1. The van der Waals surface area contributed by atoms with E-state index in [2.05, 4.69) is 4.98 Å². The van der Waals surface area contributed by atoms with Crippen molar-refractivity contribution in [2.75, 3.05) is 18.0 Å². The Morgan fingerprint density at radius 2 is 1.76 bits per heavy atom. The number of carbonyl (C=O) groups is 1. The normalized spacial score (nSPS) is 15.2. The third kappa shape index (κ3) is 5.38. The molecule has 0 bridgehead atoms. The maximum atomic E-state index is 13.8. The molecule has 5 rings (SSSR count). The fraction of sp³-hybridized carbons (Fsp3) is 0.231. The summed E-state index contributed by atoms with van der Waals surface area (Å²) in [7, 11) is -4.01. The van der Waals surface area contributed by atoms with Crippen molar-refractivity contribution in [1.82, 2.24) is 9.29 Å². The topological polar surface area (TPSA) is 70.6 Å². The standard InChI is InChI=1S/C26H22ClF2N3O3S2/c27-19-6-9-23-24(14-19)36-26(30-23)32(16-17-4-2-1-3-5-17)25(33)18-10-12-31(13-11-18)37(34,35)20-7-8-21(28)22(29)15-20/h1-9,14-15,18H,10-13,16H2. The molecule has 4 aromatic rings. The largest absolute Gasteiger partial charge is 0.283 e. The molecule has 6 nitrogen and oxygen atoms in total. The molecule has 0 radical (unpaired) electrons. The zero-order valence-electron chi connectivity index (χ0n) is 19.5. The first-order chi connectivity index (χ1) is 17.7. The second-order valence-corrected chi connectivity index (χ2v) is 12.2. The molecule has 1 aliphatic rings. The van der Waals surface area contributed by atoms with E-state index in [-0.39, 0.29) is 23.9 Å². The Kier molecular flexibility index (Phi) is 7.26. The minimum absolute atomic E-state index is 0.0896. The summed E-state index contributed by atoms with van der Waals surface area (Å²) in [5, 5.41) is 1.13. The molecule has 0 saturated carbocycles. The number of aromatic nitrogens is 1. The first kappa shape index (κ1) is 25.7. The molecule has 0 spiro atoms. The number of hydrogen-bond acceptors (Lipinski definition) is 5. The third-order valence-corrected chi connectivity index (χ3v) is 9.52. The number of hydrogen-bond donors (Lipinski definition) is 0. The van der Waals surface area contributed by atoms with Gasteiger partial charge in [-0.1, -0.05) is 53.3 Å². The predicted octanol–water partition coefficient (Wildman–Crippen LogP) is 5.86. The highest BCUT2D eigenvalue weighted by Crippen LogP contribution is 2.34. The highest BCUT2D eigenvalue weighted by molar-refractivity contribution is 7.89. The van der Waals surface area contributed by atoms with Crippen molar-refractivity contribution in [2.24, 2.45) is 5.92 Å². The van der Waals surface area contributed by atoms with E-state index in [9.17, 15) is 22.0 Å². The van der Waals surface area contributed by atoms with Gasteiger partial charge in [0.05, 0.1) is 21.7 Å². The molecule has 1 aromatic heterocycles. The van der Waals surface area contributed by atoms with E-state index in [0.717, 1.165) is 27.9 Å². The molecule has 1 fully saturated rings. The van der Waals surface area contributed by atoms with Crippen LogP contribution in [0.4, 0.5) is 13.9 Å². The summed E-state index contributed by atoms with van der Waals surface area (Å²) < 4.78 is 55.0. The number of sulfonamides is 1. The average molecular weight is 562 g/mol. The molecule has 1 amide bonds. The van der Waals surface area contributed by atoms with Crippen LogP contribution in [0.3, 0.4) is 0 Å². The Bertz CT molecular complexity index is 1560. The molecule has 37 heavy (non-hydrogen) atoms. The molecule has 3 aromatic carbocycles. The summed E-state index contributed by atoms with van der Waals surface area (Å²) in [6, 6.07) is 17.5. The summed E-state index contributed by atoms with van der Waals surface area (Å²) >= 11 is 7.51. The second kappa shape index (κ2) is 10.4. The quantitative estimate of drug-likeness (QED) is 0.295. The summed E-state index contributed by atoms with van der Waals surface area (Å²) in [5.41, 5.74) is 1.68. The Morgan fingerprint density at radius 1 is 1.03 bits per heavy atom. The minimum atomic E-state index is -4.01. The first-order valence-corrected chi connectivity index (χ1v) is 14.2. The lowest BCUT2D eigenvalue weighted by Crippen LogP contribution is -2.44. The van der Waals surface area contributed by atoms with Gasteiger partial charge in [0.1, 0.15) is 0 Å². The van der Waals surface area contributed by atoms with E-state index >= 15 is 0 Å². The smallest absolute Gasteiger partial charge is 0.243 e. The summed E-state index contributed by atoms with van der Waals surface area (Å²) in [6.45, 7) is 0.499.